The Bertz CT molecular complexity index is 962. The van der Waals surface area contributed by atoms with Gasteiger partial charge in [0, 0.05) is 36.6 Å². The normalized spacial score (nSPS) is 10.7. The van der Waals surface area contributed by atoms with E-state index in [4.69, 9.17) is 4.74 Å². The van der Waals surface area contributed by atoms with E-state index < -0.39 is 23.2 Å². The van der Waals surface area contributed by atoms with E-state index in [2.05, 4.69) is 15.4 Å². The molecule has 1 N–H and O–H groups in total. The number of carbonyl (C=O) groups is 1. The maximum atomic E-state index is 14.0. The van der Waals surface area contributed by atoms with E-state index >= 15 is 0 Å². The van der Waals surface area contributed by atoms with Gasteiger partial charge in [-0.25, -0.2) is 8.78 Å². The van der Waals surface area contributed by atoms with Crippen molar-refractivity contribution < 1.29 is 18.3 Å². The average Bonchev–Trinajstić information content (AvgIpc) is 2.97. The van der Waals surface area contributed by atoms with Crippen molar-refractivity contribution in [2.75, 3.05) is 12.4 Å². The number of anilines is 1. The standard InChI is InChI=1S/C18H16F2N4O2/c1-10-13(9-22-24(10)2)11-4-5-21-16(6-11)18(25)23-17-14(19)7-12(26-3)8-15(17)20/h4-9H,1-3H3,(H,23,25). The number of carbonyl (C=O) groups excluding carboxylic acids is 1. The lowest BCUT2D eigenvalue weighted by molar-refractivity contribution is 0.102. The summed E-state index contributed by atoms with van der Waals surface area (Å²) in [5.41, 5.74) is 1.95. The summed E-state index contributed by atoms with van der Waals surface area (Å²) in [7, 11) is 3.10. The molecular weight excluding hydrogens is 342 g/mol. The van der Waals surface area contributed by atoms with Crippen LogP contribution < -0.4 is 10.1 Å². The molecule has 0 spiro atoms. The van der Waals surface area contributed by atoms with Gasteiger partial charge in [0.25, 0.3) is 5.91 Å². The van der Waals surface area contributed by atoms with Gasteiger partial charge in [-0.2, -0.15) is 5.10 Å². The number of hydrogen-bond donors (Lipinski definition) is 1. The minimum absolute atomic E-state index is 0.0187. The number of pyridine rings is 1. The predicted molar refractivity (Wildman–Crippen MR) is 92.0 cm³/mol. The van der Waals surface area contributed by atoms with E-state index in [1.165, 1.54) is 13.3 Å². The molecule has 2 aromatic heterocycles. The van der Waals surface area contributed by atoms with Crippen LogP contribution in [0.25, 0.3) is 11.1 Å². The average molecular weight is 358 g/mol. The predicted octanol–water partition coefficient (Wildman–Crippen LogP) is 3.33. The van der Waals surface area contributed by atoms with Crippen molar-refractivity contribution >= 4 is 11.6 Å². The molecule has 6 nitrogen and oxygen atoms in total. The van der Waals surface area contributed by atoms with Gasteiger partial charge >= 0.3 is 0 Å². The van der Waals surface area contributed by atoms with E-state index in [9.17, 15) is 13.6 Å². The summed E-state index contributed by atoms with van der Waals surface area (Å²) in [5.74, 6) is -2.58. The van der Waals surface area contributed by atoms with E-state index in [0.717, 1.165) is 29.0 Å². The van der Waals surface area contributed by atoms with Gasteiger partial charge < -0.3 is 10.1 Å². The van der Waals surface area contributed by atoms with Crippen molar-refractivity contribution in [3.8, 4) is 16.9 Å². The van der Waals surface area contributed by atoms with Crippen molar-refractivity contribution in [1.82, 2.24) is 14.8 Å². The van der Waals surface area contributed by atoms with Crippen LogP contribution in [-0.2, 0) is 7.05 Å². The lowest BCUT2D eigenvalue weighted by atomic mass is 10.1. The first-order valence-corrected chi connectivity index (χ1v) is 7.70. The number of hydrogen-bond acceptors (Lipinski definition) is 4. The topological polar surface area (TPSA) is 69.0 Å². The maximum absolute atomic E-state index is 14.0. The highest BCUT2D eigenvalue weighted by Gasteiger charge is 2.17. The minimum Gasteiger partial charge on any atom is -0.497 e. The number of ether oxygens (including phenoxy) is 1. The number of nitrogens with zero attached hydrogens (tertiary/aromatic N) is 3. The molecule has 0 saturated heterocycles. The summed E-state index contributed by atoms with van der Waals surface area (Å²) in [6, 6.07) is 5.25. The summed E-state index contributed by atoms with van der Waals surface area (Å²) in [5, 5.41) is 6.38. The molecule has 0 radical (unpaired) electrons. The van der Waals surface area contributed by atoms with Gasteiger partial charge in [0.1, 0.15) is 17.1 Å². The van der Waals surface area contributed by atoms with Gasteiger partial charge in [0.2, 0.25) is 0 Å². The number of nitrogens with one attached hydrogen (secondary N) is 1. The molecule has 0 bridgehead atoms. The minimum atomic E-state index is -0.936. The second-order valence-corrected chi connectivity index (χ2v) is 5.62. The molecule has 134 valence electrons. The second-order valence-electron chi connectivity index (χ2n) is 5.62. The molecule has 0 fully saturated rings. The van der Waals surface area contributed by atoms with Crippen LogP contribution in [0.4, 0.5) is 14.5 Å². The zero-order valence-electron chi connectivity index (χ0n) is 14.4. The van der Waals surface area contributed by atoms with Gasteiger partial charge in [-0.1, -0.05) is 0 Å². The number of halogens is 2. The molecule has 0 atom stereocenters. The summed E-state index contributed by atoms with van der Waals surface area (Å²) in [6.07, 6.45) is 3.13. The third-order valence-corrected chi connectivity index (χ3v) is 4.03. The quantitative estimate of drug-likeness (QED) is 0.777. The van der Waals surface area contributed by atoms with Crippen molar-refractivity contribution in [2.45, 2.75) is 6.92 Å². The number of aromatic nitrogens is 3. The Morgan fingerprint density at radius 3 is 2.50 bits per heavy atom. The van der Waals surface area contributed by atoms with Gasteiger partial charge in [0.05, 0.1) is 13.3 Å². The first-order chi connectivity index (χ1) is 12.4. The van der Waals surface area contributed by atoms with E-state index in [1.807, 2.05) is 14.0 Å². The fraction of sp³-hybridized carbons (Fsp3) is 0.167. The largest absolute Gasteiger partial charge is 0.497 e. The van der Waals surface area contributed by atoms with Crippen LogP contribution in [0.5, 0.6) is 5.75 Å². The summed E-state index contributed by atoms with van der Waals surface area (Å²) < 4.78 is 34.5. The number of methoxy groups -OCH3 is 1. The second kappa shape index (κ2) is 6.91. The Morgan fingerprint density at radius 1 is 1.23 bits per heavy atom. The molecule has 2 heterocycles. The fourth-order valence-corrected chi connectivity index (χ4v) is 2.47. The molecule has 1 amide bonds. The van der Waals surface area contributed by atoms with Crippen molar-refractivity contribution in [1.29, 1.82) is 0 Å². The van der Waals surface area contributed by atoms with Gasteiger partial charge in [-0.15, -0.1) is 0 Å². The monoisotopic (exact) mass is 358 g/mol. The summed E-state index contributed by atoms with van der Waals surface area (Å²) in [6.45, 7) is 1.89. The van der Waals surface area contributed by atoms with Crippen LogP contribution >= 0.6 is 0 Å². The van der Waals surface area contributed by atoms with Crippen LogP contribution in [-0.4, -0.2) is 27.8 Å². The Hall–Kier alpha value is -3.29. The first-order valence-electron chi connectivity index (χ1n) is 7.70. The molecule has 0 aliphatic heterocycles. The number of rotatable bonds is 4. The third-order valence-electron chi connectivity index (χ3n) is 4.03. The maximum Gasteiger partial charge on any atom is 0.274 e. The molecule has 8 heteroatoms. The summed E-state index contributed by atoms with van der Waals surface area (Å²) >= 11 is 0. The van der Waals surface area contributed by atoms with Crippen LogP contribution in [0.1, 0.15) is 16.2 Å². The number of aryl methyl sites for hydroxylation is 1. The zero-order chi connectivity index (χ0) is 18.8. The van der Waals surface area contributed by atoms with E-state index in [-0.39, 0.29) is 11.4 Å². The number of benzene rings is 1. The molecule has 26 heavy (non-hydrogen) atoms. The molecule has 3 aromatic rings. The van der Waals surface area contributed by atoms with Gasteiger partial charge in [-0.05, 0) is 24.6 Å². The molecule has 0 aliphatic carbocycles. The van der Waals surface area contributed by atoms with E-state index in [0.29, 0.717) is 0 Å². The highest BCUT2D eigenvalue weighted by Crippen LogP contribution is 2.26. The number of amides is 1. The zero-order valence-corrected chi connectivity index (χ0v) is 14.4. The highest BCUT2D eigenvalue weighted by molar-refractivity contribution is 6.03. The molecular formula is C18H16F2N4O2. The Morgan fingerprint density at radius 2 is 1.92 bits per heavy atom. The Kier molecular flexibility index (Phi) is 4.66. The fourth-order valence-electron chi connectivity index (χ4n) is 2.47. The Labute approximate surface area is 148 Å². The van der Waals surface area contributed by atoms with Gasteiger partial charge in [-0.3, -0.25) is 14.5 Å². The summed E-state index contributed by atoms with van der Waals surface area (Å²) in [4.78, 5) is 16.4. The van der Waals surface area contributed by atoms with Crippen molar-refractivity contribution in [2.24, 2.45) is 7.05 Å². The molecule has 1 aromatic carbocycles. The molecule has 3 rings (SSSR count). The van der Waals surface area contributed by atoms with E-state index in [1.54, 1.807) is 23.0 Å². The molecule has 0 saturated carbocycles. The van der Waals surface area contributed by atoms with Crippen LogP contribution in [0.15, 0.2) is 36.7 Å². The van der Waals surface area contributed by atoms with Crippen molar-refractivity contribution in [3.05, 3.63) is 59.7 Å². The van der Waals surface area contributed by atoms with Gasteiger partial charge in [0.15, 0.2) is 11.6 Å². The van der Waals surface area contributed by atoms with Crippen molar-refractivity contribution in [3.63, 3.8) is 0 Å². The molecule has 0 aliphatic rings. The van der Waals surface area contributed by atoms with Crippen LogP contribution in [0, 0.1) is 18.6 Å². The smallest absolute Gasteiger partial charge is 0.274 e. The first kappa shape index (κ1) is 17.5. The SMILES string of the molecule is COc1cc(F)c(NC(=O)c2cc(-c3cnn(C)c3C)ccn2)c(F)c1. The van der Waals surface area contributed by atoms with Crippen LogP contribution in [0.2, 0.25) is 0 Å². The molecule has 0 unspecified atom stereocenters. The third kappa shape index (κ3) is 3.26. The lowest BCUT2D eigenvalue weighted by Crippen LogP contribution is -2.16. The van der Waals surface area contributed by atoms with Crippen LogP contribution in [0.3, 0.4) is 0 Å². The highest BCUT2D eigenvalue weighted by atomic mass is 19.1. The lowest BCUT2D eigenvalue weighted by Gasteiger charge is -2.10. The Balaban J connectivity index is 1.90.